The van der Waals surface area contributed by atoms with E-state index in [0.717, 1.165) is 16.7 Å². The fourth-order valence-corrected chi connectivity index (χ4v) is 2.20. The zero-order chi connectivity index (χ0) is 14.3. The molecular weight excluding hydrogens is 262 g/mol. The van der Waals surface area contributed by atoms with E-state index in [1.165, 1.54) is 0 Å². The minimum atomic E-state index is 0.0146. The molecule has 0 unspecified atom stereocenters. The van der Waals surface area contributed by atoms with Gasteiger partial charge in [-0.05, 0) is 6.92 Å². The lowest BCUT2D eigenvalue weighted by Gasteiger charge is -2.21. The van der Waals surface area contributed by atoms with Gasteiger partial charge in [-0.15, -0.1) is 11.3 Å². The second kappa shape index (κ2) is 7.73. The molecule has 1 heterocycles. The summed E-state index contributed by atoms with van der Waals surface area (Å²) in [7, 11) is 5.31. The number of aromatic nitrogens is 1. The van der Waals surface area contributed by atoms with Crippen molar-refractivity contribution in [3.63, 3.8) is 0 Å². The van der Waals surface area contributed by atoms with Crippen LogP contribution in [0, 0.1) is 6.92 Å². The zero-order valence-corrected chi connectivity index (χ0v) is 12.7. The second-order valence-electron chi connectivity index (χ2n) is 4.11. The molecule has 0 saturated heterocycles. The van der Waals surface area contributed by atoms with Crippen LogP contribution in [0.1, 0.15) is 17.1 Å². The van der Waals surface area contributed by atoms with Crippen molar-refractivity contribution in [3.8, 4) is 0 Å². The first-order valence-corrected chi connectivity index (χ1v) is 6.98. The summed E-state index contributed by atoms with van der Waals surface area (Å²) in [6, 6.07) is 0. The van der Waals surface area contributed by atoms with Gasteiger partial charge < -0.3 is 15.5 Å². The fraction of sp³-hybridized carbons (Fsp3) is 0.583. The summed E-state index contributed by atoms with van der Waals surface area (Å²) in [6.45, 7) is 3.25. The highest BCUT2D eigenvalue weighted by Gasteiger charge is 2.08. The minimum absolute atomic E-state index is 0.0146. The third-order valence-electron chi connectivity index (χ3n) is 2.55. The third-order valence-corrected chi connectivity index (χ3v) is 3.38. The van der Waals surface area contributed by atoms with Gasteiger partial charge in [0.2, 0.25) is 5.91 Å². The van der Waals surface area contributed by atoms with Crippen LogP contribution in [0.3, 0.4) is 0 Å². The maximum absolute atomic E-state index is 11.1. The summed E-state index contributed by atoms with van der Waals surface area (Å²) in [5.74, 6) is 0.773. The van der Waals surface area contributed by atoms with Crippen molar-refractivity contribution in [2.75, 3.05) is 27.7 Å². The Balaban J connectivity index is 2.44. The number of hydrogen-bond acceptors (Lipinski definition) is 4. The number of rotatable bonds is 5. The molecule has 0 spiro atoms. The first kappa shape index (κ1) is 15.4. The number of nitrogens with zero attached hydrogens (tertiary/aromatic N) is 3. The minimum Gasteiger partial charge on any atom is -0.359 e. The van der Waals surface area contributed by atoms with E-state index in [1.54, 1.807) is 25.4 Å². The molecule has 106 valence electrons. The predicted octanol–water partition coefficient (Wildman–Crippen LogP) is 0.595. The number of nitrogens with one attached hydrogen (secondary N) is 2. The van der Waals surface area contributed by atoms with Crippen molar-refractivity contribution < 1.29 is 4.79 Å². The van der Waals surface area contributed by atoms with E-state index in [4.69, 9.17) is 0 Å². The van der Waals surface area contributed by atoms with Crippen molar-refractivity contribution in [3.05, 3.63) is 16.1 Å². The summed E-state index contributed by atoms with van der Waals surface area (Å²) in [5.41, 5.74) is 1.03. The highest BCUT2D eigenvalue weighted by Crippen LogP contribution is 2.09. The molecule has 6 nitrogen and oxygen atoms in total. The molecule has 0 aliphatic rings. The Hall–Kier alpha value is -1.63. The third kappa shape index (κ3) is 5.25. The van der Waals surface area contributed by atoms with E-state index < -0.39 is 0 Å². The summed E-state index contributed by atoms with van der Waals surface area (Å²) < 4.78 is 0. The Kier molecular flexibility index (Phi) is 6.27. The van der Waals surface area contributed by atoms with Gasteiger partial charge in [0.15, 0.2) is 5.96 Å². The normalized spacial score (nSPS) is 11.3. The number of guanidine groups is 1. The molecule has 1 amide bonds. The Morgan fingerprint density at radius 2 is 2.32 bits per heavy atom. The van der Waals surface area contributed by atoms with Crippen molar-refractivity contribution in [1.29, 1.82) is 0 Å². The second-order valence-corrected chi connectivity index (χ2v) is 5.17. The molecule has 0 bridgehead atoms. The number of carbonyl (C=O) groups is 1. The molecule has 1 aromatic rings. The van der Waals surface area contributed by atoms with Gasteiger partial charge in [-0.1, -0.05) is 0 Å². The predicted molar refractivity (Wildman–Crippen MR) is 78.4 cm³/mol. The first-order valence-electron chi connectivity index (χ1n) is 6.10. The van der Waals surface area contributed by atoms with Crippen LogP contribution < -0.4 is 10.6 Å². The average molecular weight is 283 g/mol. The van der Waals surface area contributed by atoms with Crippen molar-refractivity contribution in [1.82, 2.24) is 20.5 Å². The maximum Gasteiger partial charge on any atom is 0.221 e. The van der Waals surface area contributed by atoms with Gasteiger partial charge in [-0.25, -0.2) is 4.98 Å². The molecule has 0 saturated carbocycles. The largest absolute Gasteiger partial charge is 0.359 e. The van der Waals surface area contributed by atoms with Gasteiger partial charge >= 0.3 is 0 Å². The average Bonchev–Trinajstić information content (AvgIpc) is 2.79. The fourth-order valence-electron chi connectivity index (χ4n) is 1.60. The highest BCUT2D eigenvalue weighted by atomic mass is 32.1. The molecule has 0 atom stereocenters. The van der Waals surface area contributed by atoms with Crippen LogP contribution in [0.5, 0.6) is 0 Å². The van der Waals surface area contributed by atoms with Crippen molar-refractivity contribution >= 4 is 23.2 Å². The topological polar surface area (TPSA) is 69.6 Å². The number of aliphatic imine (C=N–C) groups is 1. The van der Waals surface area contributed by atoms with Crippen molar-refractivity contribution in [2.24, 2.45) is 4.99 Å². The summed E-state index contributed by atoms with van der Waals surface area (Å²) in [5, 5.41) is 8.85. The molecule has 19 heavy (non-hydrogen) atoms. The molecule has 1 rings (SSSR count). The van der Waals surface area contributed by atoms with E-state index in [-0.39, 0.29) is 5.91 Å². The lowest BCUT2D eigenvalue weighted by molar-refractivity contribution is -0.120. The van der Waals surface area contributed by atoms with Gasteiger partial charge in [-0.2, -0.15) is 0 Å². The summed E-state index contributed by atoms with van der Waals surface area (Å²) in [4.78, 5) is 21.7. The maximum atomic E-state index is 11.1. The number of thiazole rings is 1. The van der Waals surface area contributed by atoms with Crippen LogP contribution in [0.2, 0.25) is 0 Å². The molecule has 7 heteroatoms. The highest BCUT2D eigenvalue weighted by molar-refractivity contribution is 7.09. The molecule has 0 aromatic carbocycles. The number of amides is 1. The van der Waals surface area contributed by atoms with Crippen LogP contribution in [0.15, 0.2) is 10.4 Å². The standard InChI is InChI=1S/C12H21N5OS/c1-9-16-10(8-19-9)7-17(4)12(14-3)15-6-5-11(18)13-2/h8H,5-7H2,1-4H3,(H,13,18)(H,14,15). The Bertz CT molecular complexity index is 443. The van der Waals surface area contributed by atoms with E-state index >= 15 is 0 Å². The van der Waals surface area contributed by atoms with Gasteiger partial charge in [0.25, 0.3) is 0 Å². The van der Waals surface area contributed by atoms with Crippen LogP contribution in [0.25, 0.3) is 0 Å². The van der Waals surface area contributed by atoms with Crippen LogP contribution in [-0.4, -0.2) is 49.4 Å². The SMILES string of the molecule is CN=C(NCCC(=O)NC)N(C)Cc1csc(C)n1. The lowest BCUT2D eigenvalue weighted by Crippen LogP contribution is -2.40. The molecule has 0 radical (unpaired) electrons. The monoisotopic (exact) mass is 283 g/mol. The van der Waals surface area contributed by atoms with Gasteiger partial charge in [-0.3, -0.25) is 9.79 Å². The quantitative estimate of drug-likeness (QED) is 0.613. The molecule has 1 aromatic heterocycles. The van der Waals surface area contributed by atoms with Crippen LogP contribution in [-0.2, 0) is 11.3 Å². The molecular formula is C12H21N5OS. The Labute approximate surface area is 117 Å². The van der Waals surface area contributed by atoms with Crippen molar-refractivity contribution in [2.45, 2.75) is 19.9 Å². The molecule has 2 N–H and O–H groups in total. The Morgan fingerprint density at radius 1 is 1.58 bits per heavy atom. The van der Waals surface area contributed by atoms with E-state index in [1.807, 2.05) is 24.3 Å². The van der Waals surface area contributed by atoms with E-state index in [9.17, 15) is 4.79 Å². The number of carbonyl (C=O) groups excluding carboxylic acids is 1. The van der Waals surface area contributed by atoms with Gasteiger partial charge in [0.05, 0.1) is 17.2 Å². The molecule has 0 fully saturated rings. The van der Waals surface area contributed by atoms with E-state index in [0.29, 0.717) is 19.5 Å². The number of hydrogen-bond donors (Lipinski definition) is 2. The van der Waals surface area contributed by atoms with Gasteiger partial charge in [0.1, 0.15) is 0 Å². The zero-order valence-electron chi connectivity index (χ0n) is 11.9. The van der Waals surface area contributed by atoms with Crippen LogP contribution >= 0.6 is 11.3 Å². The lowest BCUT2D eigenvalue weighted by atomic mass is 10.4. The van der Waals surface area contributed by atoms with E-state index in [2.05, 4.69) is 20.6 Å². The molecule has 0 aliphatic heterocycles. The number of aryl methyl sites for hydroxylation is 1. The summed E-state index contributed by atoms with van der Waals surface area (Å²) >= 11 is 1.64. The smallest absolute Gasteiger partial charge is 0.221 e. The summed E-state index contributed by atoms with van der Waals surface area (Å²) in [6.07, 6.45) is 0.430. The first-order chi connectivity index (χ1) is 9.06. The molecule has 0 aliphatic carbocycles. The van der Waals surface area contributed by atoms with Gasteiger partial charge in [0, 0.05) is 39.5 Å². The van der Waals surface area contributed by atoms with Crippen LogP contribution in [0.4, 0.5) is 0 Å². The Morgan fingerprint density at radius 3 is 2.84 bits per heavy atom.